The second-order valence-electron chi connectivity index (χ2n) is 5.77. The van der Waals surface area contributed by atoms with E-state index in [2.05, 4.69) is 28.9 Å². The third-order valence-electron chi connectivity index (χ3n) is 4.56. The van der Waals surface area contributed by atoms with E-state index in [9.17, 15) is 0 Å². The summed E-state index contributed by atoms with van der Waals surface area (Å²) in [7, 11) is 2.13. The molecule has 3 nitrogen and oxygen atoms in total. The van der Waals surface area contributed by atoms with Gasteiger partial charge in [0.1, 0.15) is 5.84 Å². The molecule has 0 unspecified atom stereocenters. The molecule has 0 N–H and O–H groups in total. The number of hydrogen-bond acceptors (Lipinski definition) is 1. The van der Waals surface area contributed by atoms with E-state index in [0.29, 0.717) is 10.8 Å². The van der Waals surface area contributed by atoms with Crippen LogP contribution in [0, 0.1) is 11.8 Å². The Hall–Kier alpha value is -0.570. The minimum Gasteiger partial charge on any atom is -0.357 e. The molecule has 0 saturated heterocycles. The molecule has 1 atom stereocenters. The first-order chi connectivity index (χ1) is 7.86. The molecular formula is C13H22ClN3. The molecule has 4 heteroatoms. The maximum absolute atomic E-state index is 6.01. The van der Waals surface area contributed by atoms with E-state index in [1.165, 1.54) is 12.8 Å². The highest BCUT2D eigenvalue weighted by molar-refractivity contribution is 6.65. The summed E-state index contributed by atoms with van der Waals surface area (Å²) in [4.78, 5) is 10.9. The Morgan fingerprint density at radius 2 is 2.00 bits per heavy atom. The van der Waals surface area contributed by atoms with Gasteiger partial charge in [-0.25, -0.2) is 4.99 Å². The average Bonchev–Trinajstić information content (AvgIpc) is 2.13. The van der Waals surface area contributed by atoms with E-state index >= 15 is 0 Å². The summed E-state index contributed by atoms with van der Waals surface area (Å²) in [5.41, 5.74) is 0.368. The van der Waals surface area contributed by atoms with Crippen LogP contribution in [0.1, 0.15) is 40.5 Å². The molecule has 3 saturated carbocycles. The molecule has 0 aromatic heterocycles. The maximum Gasteiger partial charge on any atom is 0.219 e. The second-order valence-corrected chi connectivity index (χ2v) is 6.11. The summed E-state index contributed by atoms with van der Waals surface area (Å²) in [6.07, 6.45) is 2.63. The largest absolute Gasteiger partial charge is 0.357 e. The van der Waals surface area contributed by atoms with Crippen molar-refractivity contribution in [3.05, 3.63) is 0 Å². The van der Waals surface area contributed by atoms with Gasteiger partial charge in [-0.15, -0.1) is 0 Å². The van der Waals surface area contributed by atoms with Crippen molar-refractivity contribution in [2.45, 2.75) is 52.1 Å². The van der Waals surface area contributed by atoms with Crippen LogP contribution < -0.4 is 0 Å². The molecular weight excluding hydrogens is 234 g/mol. The van der Waals surface area contributed by atoms with Crippen molar-refractivity contribution < 1.29 is 0 Å². The Balaban J connectivity index is 2.05. The SMILES string of the molecule is CC(=NC(Cl)=NC(C)C)N(C)C12CC(C1)[C@H]2C. The van der Waals surface area contributed by atoms with Gasteiger partial charge < -0.3 is 4.90 Å². The van der Waals surface area contributed by atoms with E-state index < -0.39 is 0 Å². The van der Waals surface area contributed by atoms with Crippen molar-refractivity contribution in [1.82, 2.24) is 4.90 Å². The van der Waals surface area contributed by atoms with Crippen LogP contribution in [0.15, 0.2) is 9.98 Å². The van der Waals surface area contributed by atoms with E-state index in [1.807, 2.05) is 20.8 Å². The highest BCUT2D eigenvalue weighted by Crippen LogP contribution is 2.64. The standard InChI is InChI=1S/C13H22ClN3/c1-8(2)15-12(14)16-10(4)17(5)13-6-11(7-13)9(13)3/h8-9,11H,6-7H2,1-5H3/t9-,11?,13?/m1/s1. The fraction of sp³-hybridized carbons (Fsp3) is 0.846. The smallest absolute Gasteiger partial charge is 0.219 e. The minimum absolute atomic E-state index is 0.193. The molecule has 0 radical (unpaired) electrons. The van der Waals surface area contributed by atoms with Crippen LogP contribution in [0.5, 0.6) is 0 Å². The van der Waals surface area contributed by atoms with Crippen molar-refractivity contribution in [1.29, 1.82) is 0 Å². The first-order valence-corrected chi connectivity index (χ1v) is 6.77. The van der Waals surface area contributed by atoms with Crippen LogP contribution in [0.3, 0.4) is 0 Å². The second kappa shape index (κ2) is 4.27. The highest BCUT2D eigenvalue weighted by atomic mass is 35.5. The van der Waals surface area contributed by atoms with Crippen molar-refractivity contribution in [3.8, 4) is 0 Å². The van der Waals surface area contributed by atoms with Gasteiger partial charge in [0, 0.05) is 18.6 Å². The van der Waals surface area contributed by atoms with Gasteiger partial charge in [0.15, 0.2) is 0 Å². The van der Waals surface area contributed by atoms with Crippen molar-refractivity contribution >= 4 is 22.7 Å². The zero-order valence-corrected chi connectivity index (χ0v) is 12.1. The van der Waals surface area contributed by atoms with Gasteiger partial charge in [-0.05, 0) is 57.0 Å². The average molecular weight is 256 g/mol. The Bertz CT molecular complexity index is 367. The molecule has 0 aromatic carbocycles. The molecule has 17 heavy (non-hydrogen) atoms. The van der Waals surface area contributed by atoms with Gasteiger partial charge in [-0.1, -0.05) is 6.92 Å². The molecule has 0 spiro atoms. The first-order valence-electron chi connectivity index (χ1n) is 6.39. The number of rotatable bonds is 2. The van der Waals surface area contributed by atoms with Crippen molar-refractivity contribution in [2.75, 3.05) is 7.05 Å². The molecule has 0 amide bonds. The van der Waals surface area contributed by atoms with Crippen molar-refractivity contribution in [3.63, 3.8) is 0 Å². The van der Waals surface area contributed by atoms with Gasteiger partial charge in [-0.3, -0.25) is 4.99 Å². The number of nitrogens with zero attached hydrogens (tertiary/aromatic N) is 3. The van der Waals surface area contributed by atoms with Crippen LogP contribution in [0.4, 0.5) is 0 Å². The van der Waals surface area contributed by atoms with Gasteiger partial charge in [0.25, 0.3) is 0 Å². The summed E-state index contributed by atoms with van der Waals surface area (Å²) >= 11 is 6.01. The molecule has 0 aromatic rings. The lowest BCUT2D eigenvalue weighted by molar-refractivity contribution is -0.169. The van der Waals surface area contributed by atoms with E-state index in [0.717, 1.165) is 17.7 Å². The minimum atomic E-state index is 0.193. The third kappa shape index (κ3) is 1.99. The molecule has 3 rings (SSSR count). The molecule has 2 bridgehead atoms. The first kappa shape index (κ1) is 12.9. The molecule has 96 valence electrons. The van der Waals surface area contributed by atoms with Gasteiger partial charge in [0.2, 0.25) is 5.29 Å². The van der Waals surface area contributed by atoms with Crippen LogP contribution >= 0.6 is 11.6 Å². The normalized spacial score (nSPS) is 36.6. The molecule has 3 aliphatic rings. The van der Waals surface area contributed by atoms with Gasteiger partial charge in [0.05, 0.1) is 0 Å². The molecule has 0 aliphatic heterocycles. The van der Waals surface area contributed by atoms with E-state index in [4.69, 9.17) is 11.6 Å². The highest BCUT2D eigenvalue weighted by Gasteiger charge is 2.65. The van der Waals surface area contributed by atoms with E-state index in [-0.39, 0.29) is 6.04 Å². The summed E-state index contributed by atoms with van der Waals surface area (Å²) in [5.74, 6) is 2.73. The Morgan fingerprint density at radius 3 is 2.35 bits per heavy atom. The Kier molecular flexibility index (Phi) is 3.23. The quantitative estimate of drug-likeness (QED) is 0.423. The predicted octanol–water partition coefficient (Wildman–Crippen LogP) is 3.14. The van der Waals surface area contributed by atoms with Crippen LogP contribution in [-0.4, -0.2) is 34.7 Å². The van der Waals surface area contributed by atoms with Crippen LogP contribution in [0.2, 0.25) is 0 Å². The van der Waals surface area contributed by atoms with Crippen LogP contribution in [-0.2, 0) is 0 Å². The topological polar surface area (TPSA) is 28.0 Å². The molecule has 3 fully saturated rings. The zero-order valence-electron chi connectivity index (χ0n) is 11.4. The molecule has 3 aliphatic carbocycles. The fourth-order valence-corrected chi connectivity index (χ4v) is 3.36. The maximum atomic E-state index is 6.01. The lowest BCUT2D eigenvalue weighted by Crippen LogP contribution is -2.74. The summed E-state index contributed by atoms with van der Waals surface area (Å²) in [6, 6.07) is 0.193. The Morgan fingerprint density at radius 1 is 1.41 bits per heavy atom. The monoisotopic (exact) mass is 255 g/mol. The zero-order chi connectivity index (χ0) is 12.8. The number of halogens is 1. The lowest BCUT2D eigenvalue weighted by Gasteiger charge is -2.71. The fourth-order valence-electron chi connectivity index (χ4n) is 3.04. The summed E-state index contributed by atoms with van der Waals surface area (Å²) in [6.45, 7) is 8.36. The third-order valence-corrected chi connectivity index (χ3v) is 4.74. The number of aliphatic imine (C=N–C) groups is 2. The summed E-state index contributed by atoms with van der Waals surface area (Å²) < 4.78 is 0. The van der Waals surface area contributed by atoms with Gasteiger partial charge >= 0.3 is 0 Å². The van der Waals surface area contributed by atoms with Crippen LogP contribution in [0.25, 0.3) is 0 Å². The Labute approximate surface area is 109 Å². The van der Waals surface area contributed by atoms with E-state index in [1.54, 1.807) is 0 Å². The number of amidine groups is 2. The van der Waals surface area contributed by atoms with Gasteiger partial charge in [-0.2, -0.15) is 0 Å². The molecule has 0 heterocycles. The number of hydrogen-bond donors (Lipinski definition) is 0. The summed E-state index contributed by atoms with van der Waals surface area (Å²) in [5, 5.41) is 0.364. The van der Waals surface area contributed by atoms with Crippen molar-refractivity contribution in [2.24, 2.45) is 21.8 Å². The lowest BCUT2D eigenvalue weighted by atomic mass is 9.42. The predicted molar refractivity (Wildman–Crippen MR) is 73.9 cm³/mol.